The summed E-state index contributed by atoms with van der Waals surface area (Å²) >= 11 is 0. The highest BCUT2D eigenvalue weighted by atomic mass is 16.5. The first kappa shape index (κ1) is 12.2. The van der Waals surface area contributed by atoms with Gasteiger partial charge >= 0.3 is 0 Å². The van der Waals surface area contributed by atoms with Crippen LogP contribution in [0.5, 0.6) is 11.5 Å². The number of aliphatic hydroxyl groups excluding tert-OH is 1. The van der Waals surface area contributed by atoms with Gasteiger partial charge in [0.15, 0.2) is 6.10 Å². The van der Waals surface area contributed by atoms with E-state index in [0.717, 1.165) is 11.3 Å². The van der Waals surface area contributed by atoms with Crippen molar-refractivity contribution in [2.75, 3.05) is 0 Å². The SMILES string of the molecule is Cc1ccccc1Oc1cccc(C(O)C#N)c1. The minimum absolute atomic E-state index is 0.531. The zero-order chi connectivity index (χ0) is 13.0. The molecule has 0 fully saturated rings. The van der Waals surface area contributed by atoms with Crippen molar-refractivity contribution in [3.05, 3.63) is 59.7 Å². The minimum atomic E-state index is -1.12. The van der Waals surface area contributed by atoms with Crippen molar-refractivity contribution in [2.45, 2.75) is 13.0 Å². The number of rotatable bonds is 3. The molecule has 0 heterocycles. The Balaban J connectivity index is 2.26. The molecule has 1 atom stereocenters. The second-order valence-electron chi connectivity index (χ2n) is 3.97. The highest BCUT2D eigenvalue weighted by Crippen LogP contribution is 2.26. The lowest BCUT2D eigenvalue weighted by Crippen LogP contribution is -1.94. The first-order valence-corrected chi connectivity index (χ1v) is 5.62. The molecule has 90 valence electrons. The number of para-hydroxylation sites is 1. The van der Waals surface area contributed by atoms with Gasteiger partial charge in [-0.05, 0) is 36.2 Å². The van der Waals surface area contributed by atoms with Gasteiger partial charge in [-0.1, -0.05) is 30.3 Å². The van der Waals surface area contributed by atoms with Gasteiger partial charge in [-0.2, -0.15) is 5.26 Å². The average molecular weight is 239 g/mol. The molecule has 1 N–H and O–H groups in total. The van der Waals surface area contributed by atoms with E-state index in [4.69, 9.17) is 10.00 Å². The molecule has 18 heavy (non-hydrogen) atoms. The Morgan fingerprint density at radius 2 is 1.94 bits per heavy atom. The van der Waals surface area contributed by atoms with Crippen LogP contribution >= 0.6 is 0 Å². The van der Waals surface area contributed by atoms with E-state index >= 15 is 0 Å². The maximum Gasteiger partial charge on any atom is 0.166 e. The molecular weight excluding hydrogens is 226 g/mol. The van der Waals surface area contributed by atoms with Gasteiger partial charge < -0.3 is 9.84 Å². The largest absolute Gasteiger partial charge is 0.457 e. The third kappa shape index (κ3) is 2.68. The summed E-state index contributed by atoms with van der Waals surface area (Å²) in [7, 11) is 0. The second kappa shape index (κ2) is 5.35. The molecule has 0 radical (unpaired) electrons. The van der Waals surface area contributed by atoms with Crippen LogP contribution in [0.15, 0.2) is 48.5 Å². The molecule has 2 aromatic carbocycles. The lowest BCUT2D eigenvalue weighted by molar-refractivity contribution is 0.235. The number of aliphatic hydroxyl groups is 1. The summed E-state index contributed by atoms with van der Waals surface area (Å²) in [6, 6.07) is 16.4. The lowest BCUT2D eigenvalue weighted by atomic mass is 10.1. The van der Waals surface area contributed by atoms with Crippen LogP contribution in [0.4, 0.5) is 0 Å². The van der Waals surface area contributed by atoms with Crippen molar-refractivity contribution < 1.29 is 9.84 Å². The second-order valence-corrected chi connectivity index (χ2v) is 3.97. The molecule has 3 heteroatoms. The Morgan fingerprint density at radius 3 is 2.67 bits per heavy atom. The Morgan fingerprint density at radius 1 is 1.17 bits per heavy atom. The van der Waals surface area contributed by atoms with Gasteiger partial charge in [-0.15, -0.1) is 0 Å². The van der Waals surface area contributed by atoms with Crippen LogP contribution in [0.1, 0.15) is 17.2 Å². The maximum atomic E-state index is 9.46. The average Bonchev–Trinajstić information content (AvgIpc) is 2.41. The van der Waals surface area contributed by atoms with E-state index in [1.165, 1.54) is 0 Å². The third-order valence-electron chi connectivity index (χ3n) is 2.62. The summed E-state index contributed by atoms with van der Waals surface area (Å²) in [6.07, 6.45) is -1.12. The summed E-state index contributed by atoms with van der Waals surface area (Å²) in [6.45, 7) is 1.96. The van der Waals surface area contributed by atoms with E-state index in [2.05, 4.69) is 0 Å². The molecule has 0 amide bonds. The highest BCUT2D eigenvalue weighted by Gasteiger charge is 2.07. The normalized spacial score (nSPS) is 11.6. The molecule has 0 saturated carbocycles. The van der Waals surface area contributed by atoms with E-state index in [-0.39, 0.29) is 0 Å². The number of nitrogens with zero attached hydrogens (tertiary/aromatic N) is 1. The van der Waals surface area contributed by atoms with Gasteiger partial charge in [-0.3, -0.25) is 0 Å². The summed E-state index contributed by atoms with van der Waals surface area (Å²) in [5.41, 5.74) is 1.56. The van der Waals surface area contributed by atoms with Crippen molar-refractivity contribution in [3.63, 3.8) is 0 Å². The molecule has 1 unspecified atom stereocenters. The Labute approximate surface area is 106 Å². The zero-order valence-electron chi connectivity index (χ0n) is 10.00. The molecule has 2 aromatic rings. The van der Waals surface area contributed by atoms with Crippen LogP contribution in [0.2, 0.25) is 0 Å². The van der Waals surface area contributed by atoms with Crippen molar-refractivity contribution in [1.29, 1.82) is 5.26 Å². The predicted molar refractivity (Wildman–Crippen MR) is 68.3 cm³/mol. The number of nitriles is 1. The molecule has 3 nitrogen and oxygen atoms in total. The Bertz CT molecular complexity index is 587. The van der Waals surface area contributed by atoms with E-state index in [9.17, 15) is 5.11 Å². The first-order valence-electron chi connectivity index (χ1n) is 5.62. The van der Waals surface area contributed by atoms with E-state index in [0.29, 0.717) is 11.3 Å². The molecule has 0 aliphatic rings. The highest BCUT2D eigenvalue weighted by molar-refractivity contribution is 5.39. The number of hydrogen-bond donors (Lipinski definition) is 1. The van der Waals surface area contributed by atoms with Crippen molar-refractivity contribution in [1.82, 2.24) is 0 Å². The number of benzene rings is 2. The fourth-order valence-electron chi connectivity index (χ4n) is 1.62. The van der Waals surface area contributed by atoms with Crippen molar-refractivity contribution in [2.24, 2.45) is 0 Å². The molecule has 0 aliphatic carbocycles. The summed E-state index contributed by atoms with van der Waals surface area (Å²) in [4.78, 5) is 0. The summed E-state index contributed by atoms with van der Waals surface area (Å²) in [5.74, 6) is 1.37. The number of ether oxygens (including phenoxy) is 1. The lowest BCUT2D eigenvalue weighted by Gasteiger charge is -2.10. The van der Waals surface area contributed by atoms with Crippen LogP contribution in [-0.2, 0) is 0 Å². The van der Waals surface area contributed by atoms with Crippen LogP contribution in [0, 0.1) is 18.3 Å². The van der Waals surface area contributed by atoms with E-state index in [1.807, 2.05) is 31.2 Å². The Kier molecular flexibility index (Phi) is 3.61. The van der Waals surface area contributed by atoms with Crippen LogP contribution in [-0.4, -0.2) is 5.11 Å². The molecule has 0 spiro atoms. The van der Waals surface area contributed by atoms with Crippen LogP contribution < -0.4 is 4.74 Å². The fourth-order valence-corrected chi connectivity index (χ4v) is 1.62. The minimum Gasteiger partial charge on any atom is -0.457 e. The zero-order valence-corrected chi connectivity index (χ0v) is 10.00. The van der Waals surface area contributed by atoms with Gasteiger partial charge in [0.2, 0.25) is 0 Å². The molecule has 0 bridgehead atoms. The quantitative estimate of drug-likeness (QED) is 0.836. The molecule has 0 aromatic heterocycles. The maximum absolute atomic E-state index is 9.46. The van der Waals surface area contributed by atoms with Crippen LogP contribution in [0.25, 0.3) is 0 Å². The van der Waals surface area contributed by atoms with E-state index < -0.39 is 6.10 Å². The molecular formula is C15H13NO2. The predicted octanol–water partition coefficient (Wildman–Crippen LogP) is 3.34. The number of hydrogen-bond acceptors (Lipinski definition) is 3. The van der Waals surface area contributed by atoms with Gasteiger partial charge in [0, 0.05) is 0 Å². The van der Waals surface area contributed by atoms with Gasteiger partial charge in [0.1, 0.15) is 11.5 Å². The first-order chi connectivity index (χ1) is 8.70. The van der Waals surface area contributed by atoms with Gasteiger partial charge in [0.25, 0.3) is 0 Å². The van der Waals surface area contributed by atoms with Gasteiger partial charge in [-0.25, -0.2) is 0 Å². The van der Waals surface area contributed by atoms with Crippen molar-refractivity contribution in [3.8, 4) is 17.6 Å². The van der Waals surface area contributed by atoms with Gasteiger partial charge in [0.05, 0.1) is 6.07 Å². The molecule has 0 aliphatic heterocycles. The fraction of sp³-hybridized carbons (Fsp3) is 0.133. The third-order valence-corrected chi connectivity index (χ3v) is 2.62. The standard InChI is InChI=1S/C15H13NO2/c1-11-5-2-3-8-15(11)18-13-7-4-6-12(9-13)14(17)10-16/h2-9,14,17H,1H3. The number of aryl methyl sites for hydroxylation is 1. The van der Waals surface area contributed by atoms with Crippen molar-refractivity contribution >= 4 is 0 Å². The monoisotopic (exact) mass is 239 g/mol. The smallest absolute Gasteiger partial charge is 0.166 e. The molecule has 0 saturated heterocycles. The molecule has 2 rings (SSSR count). The van der Waals surface area contributed by atoms with E-state index in [1.54, 1.807) is 30.3 Å². The topological polar surface area (TPSA) is 53.2 Å². The van der Waals surface area contributed by atoms with Crippen LogP contribution in [0.3, 0.4) is 0 Å². The summed E-state index contributed by atoms with van der Waals surface area (Å²) < 4.78 is 5.72. The summed E-state index contributed by atoms with van der Waals surface area (Å²) in [5, 5.41) is 18.1. The Hall–Kier alpha value is -2.31.